The van der Waals surface area contributed by atoms with Crippen LogP contribution in [0.4, 0.5) is 0 Å². The zero-order valence-electron chi connectivity index (χ0n) is 15.7. The van der Waals surface area contributed by atoms with Gasteiger partial charge in [0.1, 0.15) is 5.75 Å². The summed E-state index contributed by atoms with van der Waals surface area (Å²) < 4.78 is 21.4. The number of methoxy groups -OCH3 is 1. The number of carbonyl (C=O) groups is 2. The van der Waals surface area contributed by atoms with E-state index in [0.717, 1.165) is 5.56 Å². The number of ether oxygens (including phenoxy) is 4. The smallest absolute Gasteiger partial charge is 0.314 e. The molecule has 28 heavy (non-hydrogen) atoms. The predicted molar refractivity (Wildman–Crippen MR) is 101 cm³/mol. The molecule has 6 heteroatoms. The molecule has 0 aromatic heterocycles. The minimum absolute atomic E-state index is 0.0991. The maximum atomic E-state index is 13.0. The summed E-state index contributed by atoms with van der Waals surface area (Å²) in [6, 6.07) is 10.9. The Morgan fingerprint density at radius 2 is 1.86 bits per heavy atom. The van der Waals surface area contributed by atoms with Gasteiger partial charge in [-0.15, -0.1) is 0 Å². The van der Waals surface area contributed by atoms with Gasteiger partial charge in [-0.3, -0.25) is 9.59 Å². The van der Waals surface area contributed by atoms with Gasteiger partial charge in [0.05, 0.1) is 19.6 Å². The van der Waals surface area contributed by atoms with Gasteiger partial charge in [0, 0.05) is 17.1 Å². The van der Waals surface area contributed by atoms with Gasteiger partial charge in [-0.1, -0.05) is 18.7 Å². The number of Topliss-reactive ketones (excluding diaryl/α,β-unsaturated/α-hetero) is 1. The second kappa shape index (κ2) is 7.03. The van der Waals surface area contributed by atoms with Crippen LogP contribution in [-0.4, -0.2) is 32.3 Å². The second-order valence-electron chi connectivity index (χ2n) is 6.63. The van der Waals surface area contributed by atoms with Crippen molar-refractivity contribution in [3.8, 4) is 17.2 Å². The van der Waals surface area contributed by atoms with Crippen molar-refractivity contribution in [2.75, 3.05) is 20.5 Å². The first-order valence-corrected chi connectivity index (χ1v) is 9.02. The summed E-state index contributed by atoms with van der Waals surface area (Å²) in [6.07, 6.45) is 0. The summed E-state index contributed by atoms with van der Waals surface area (Å²) in [5, 5.41) is 0. The van der Waals surface area contributed by atoms with Gasteiger partial charge in [0.15, 0.2) is 17.3 Å². The molecule has 4 rings (SSSR count). The predicted octanol–water partition coefficient (Wildman–Crippen LogP) is 3.49. The molecule has 0 saturated heterocycles. The van der Waals surface area contributed by atoms with Crippen LogP contribution < -0.4 is 14.2 Å². The molecule has 2 atom stereocenters. The van der Waals surface area contributed by atoms with Crippen LogP contribution in [0.3, 0.4) is 0 Å². The molecule has 0 saturated carbocycles. The SMILES string of the molecule is C=C1C(=O)c2cc3c(cc2[C@@H](c2ccc(OC)cc2)[C@@H]1C(=O)OCC)OCO3. The fraction of sp³-hybridized carbons (Fsp3) is 0.273. The van der Waals surface area contributed by atoms with E-state index in [9.17, 15) is 9.59 Å². The molecule has 1 aliphatic carbocycles. The van der Waals surface area contributed by atoms with Gasteiger partial charge in [0.25, 0.3) is 0 Å². The van der Waals surface area contributed by atoms with Crippen LogP contribution in [0.1, 0.15) is 34.3 Å². The third-order valence-electron chi connectivity index (χ3n) is 5.14. The number of fused-ring (bicyclic) bond motifs is 2. The largest absolute Gasteiger partial charge is 0.497 e. The Kier molecular flexibility index (Phi) is 4.55. The number of ketones is 1. The Morgan fingerprint density at radius 3 is 2.50 bits per heavy atom. The lowest BCUT2D eigenvalue weighted by Crippen LogP contribution is -2.34. The van der Waals surface area contributed by atoms with Crippen molar-refractivity contribution in [1.82, 2.24) is 0 Å². The molecule has 0 amide bonds. The molecule has 2 aromatic carbocycles. The number of hydrogen-bond donors (Lipinski definition) is 0. The molecule has 0 bridgehead atoms. The Balaban J connectivity index is 1.91. The Bertz CT molecular complexity index is 960. The fourth-order valence-corrected chi connectivity index (χ4v) is 3.80. The molecular formula is C22H20O6. The maximum absolute atomic E-state index is 13.0. The average Bonchev–Trinajstić information content (AvgIpc) is 3.17. The quantitative estimate of drug-likeness (QED) is 0.597. The van der Waals surface area contributed by atoms with Crippen molar-refractivity contribution < 1.29 is 28.5 Å². The van der Waals surface area contributed by atoms with Crippen molar-refractivity contribution >= 4 is 11.8 Å². The summed E-state index contributed by atoms with van der Waals surface area (Å²) in [5.41, 5.74) is 2.23. The number of hydrogen-bond acceptors (Lipinski definition) is 6. The summed E-state index contributed by atoms with van der Waals surface area (Å²) in [7, 11) is 1.59. The highest BCUT2D eigenvalue weighted by Crippen LogP contribution is 2.48. The standard InChI is InChI=1S/C22H20O6/c1-4-26-22(24)19-12(2)21(23)16-10-18-17(27-11-28-18)9-15(16)20(19)13-5-7-14(25-3)8-6-13/h5-10,19-20H,2,4,11H2,1,3H3/t19-,20-/m1/s1. The number of carbonyl (C=O) groups excluding carboxylic acids is 2. The van der Waals surface area contributed by atoms with E-state index >= 15 is 0 Å². The van der Waals surface area contributed by atoms with E-state index < -0.39 is 17.8 Å². The lowest BCUT2D eigenvalue weighted by molar-refractivity contribution is -0.147. The topological polar surface area (TPSA) is 71.1 Å². The number of rotatable bonds is 4. The zero-order chi connectivity index (χ0) is 19.8. The van der Waals surface area contributed by atoms with Gasteiger partial charge in [0.2, 0.25) is 6.79 Å². The van der Waals surface area contributed by atoms with Crippen LogP contribution in [0, 0.1) is 5.92 Å². The van der Waals surface area contributed by atoms with E-state index in [0.29, 0.717) is 28.4 Å². The molecule has 2 aliphatic rings. The van der Waals surface area contributed by atoms with Crippen LogP contribution in [0.2, 0.25) is 0 Å². The summed E-state index contributed by atoms with van der Waals surface area (Å²) in [5.74, 6) is -0.217. The fourth-order valence-electron chi connectivity index (χ4n) is 3.80. The molecule has 2 aromatic rings. The van der Waals surface area contributed by atoms with Crippen molar-refractivity contribution in [2.45, 2.75) is 12.8 Å². The van der Waals surface area contributed by atoms with E-state index in [1.165, 1.54) is 0 Å². The average molecular weight is 380 g/mol. The van der Waals surface area contributed by atoms with E-state index in [1.807, 2.05) is 24.3 Å². The first-order valence-electron chi connectivity index (χ1n) is 9.02. The highest BCUT2D eigenvalue weighted by molar-refractivity contribution is 6.14. The van der Waals surface area contributed by atoms with E-state index in [4.69, 9.17) is 18.9 Å². The van der Waals surface area contributed by atoms with Crippen LogP contribution in [0.25, 0.3) is 0 Å². The van der Waals surface area contributed by atoms with Gasteiger partial charge < -0.3 is 18.9 Å². The summed E-state index contributed by atoms with van der Waals surface area (Å²) in [6.45, 7) is 5.99. The minimum Gasteiger partial charge on any atom is -0.497 e. The Morgan fingerprint density at radius 1 is 1.18 bits per heavy atom. The summed E-state index contributed by atoms with van der Waals surface area (Å²) >= 11 is 0. The van der Waals surface area contributed by atoms with E-state index in [-0.39, 0.29) is 24.8 Å². The molecule has 0 radical (unpaired) electrons. The minimum atomic E-state index is -0.811. The molecule has 6 nitrogen and oxygen atoms in total. The number of benzene rings is 2. The van der Waals surface area contributed by atoms with Crippen molar-refractivity contribution in [1.29, 1.82) is 0 Å². The summed E-state index contributed by atoms with van der Waals surface area (Å²) in [4.78, 5) is 25.8. The molecule has 0 unspecified atom stereocenters. The number of esters is 1. The monoisotopic (exact) mass is 380 g/mol. The van der Waals surface area contributed by atoms with E-state index in [2.05, 4.69) is 6.58 Å². The molecule has 1 aliphatic heterocycles. The molecule has 144 valence electrons. The van der Waals surface area contributed by atoms with Crippen LogP contribution >= 0.6 is 0 Å². The molecular weight excluding hydrogens is 360 g/mol. The zero-order valence-corrected chi connectivity index (χ0v) is 15.7. The van der Waals surface area contributed by atoms with Crippen molar-refractivity contribution in [3.05, 3.63) is 65.2 Å². The van der Waals surface area contributed by atoms with Gasteiger partial charge in [-0.25, -0.2) is 0 Å². The normalized spacial score (nSPS) is 19.9. The molecule has 1 heterocycles. The Hall–Kier alpha value is -3.28. The van der Waals surface area contributed by atoms with Crippen LogP contribution in [-0.2, 0) is 9.53 Å². The highest BCUT2D eigenvalue weighted by atomic mass is 16.7. The molecule has 0 spiro atoms. The van der Waals surface area contributed by atoms with Crippen LogP contribution in [0.5, 0.6) is 17.2 Å². The van der Waals surface area contributed by atoms with Gasteiger partial charge >= 0.3 is 5.97 Å². The highest BCUT2D eigenvalue weighted by Gasteiger charge is 2.44. The first kappa shape index (κ1) is 18.1. The van der Waals surface area contributed by atoms with Crippen molar-refractivity contribution in [2.24, 2.45) is 5.92 Å². The van der Waals surface area contributed by atoms with Gasteiger partial charge in [-0.05, 0) is 42.3 Å². The molecule has 0 N–H and O–H groups in total. The molecule has 0 fully saturated rings. The Labute approximate surface area is 162 Å². The second-order valence-corrected chi connectivity index (χ2v) is 6.63. The third kappa shape index (κ3) is 2.81. The maximum Gasteiger partial charge on any atom is 0.314 e. The lowest BCUT2D eigenvalue weighted by atomic mass is 9.69. The third-order valence-corrected chi connectivity index (χ3v) is 5.14. The van der Waals surface area contributed by atoms with Crippen LogP contribution in [0.15, 0.2) is 48.6 Å². The first-order chi connectivity index (χ1) is 13.5. The van der Waals surface area contributed by atoms with Gasteiger partial charge in [-0.2, -0.15) is 0 Å². The van der Waals surface area contributed by atoms with Crippen molar-refractivity contribution in [3.63, 3.8) is 0 Å². The van der Waals surface area contributed by atoms with E-state index in [1.54, 1.807) is 26.2 Å². The lowest BCUT2D eigenvalue weighted by Gasteiger charge is -2.33.